The van der Waals surface area contributed by atoms with Crippen molar-refractivity contribution < 1.29 is 41.6 Å². The van der Waals surface area contributed by atoms with E-state index in [-0.39, 0.29) is 36.3 Å². The van der Waals surface area contributed by atoms with Crippen LogP contribution in [0.3, 0.4) is 0 Å². The van der Waals surface area contributed by atoms with Crippen LogP contribution in [-0.4, -0.2) is 66.2 Å². The van der Waals surface area contributed by atoms with Gasteiger partial charge in [-0.2, -0.15) is 4.99 Å². The summed E-state index contributed by atoms with van der Waals surface area (Å²) in [7, 11) is -2.18. The molecule has 4 fully saturated rings. The standard InChI is InChI=1S/C30H41FN3O8P/c1-6-20(7-2)28(36)39-27-19(4)29(15-24(29)34(5)10-8-26(32)33-17-35)42-30(27)16-25(30)41-43(37)38-11-9-23(40-43)21-12-18(3)13-22(31)14-21/h8,10,12-14,17,19-20,23-25,27H,6-7,9,11,15-16H2,1-5H3,(H2,32,33,35)/b10-8-/t19-,23-,24-,25?,27-,29-,30?,43?/m0/s1. The fourth-order valence-electron chi connectivity index (χ4n) is 6.63. The third-order valence-corrected chi connectivity index (χ3v) is 10.7. The maximum Gasteiger partial charge on any atom is 0.475 e. The van der Waals surface area contributed by atoms with Gasteiger partial charge in [-0.25, -0.2) is 8.96 Å². The molecule has 11 nitrogen and oxygen atoms in total. The Morgan fingerprint density at radius 1 is 1.28 bits per heavy atom. The van der Waals surface area contributed by atoms with E-state index in [0.29, 0.717) is 44.1 Å². The fraction of sp³-hybridized carbons (Fsp3) is 0.633. The zero-order valence-electron chi connectivity index (χ0n) is 25.2. The van der Waals surface area contributed by atoms with Crippen LogP contribution < -0.4 is 5.73 Å². The minimum absolute atomic E-state index is 0.0726. The second-order valence-corrected chi connectivity index (χ2v) is 13.6. The predicted octanol–water partition coefficient (Wildman–Crippen LogP) is 4.73. The van der Waals surface area contributed by atoms with E-state index in [0.717, 1.165) is 5.56 Å². The molecule has 4 aliphatic rings. The first-order valence-corrected chi connectivity index (χ1v) is 16.3. The van der Waals surface area contributed by atoms with Gasteiger partial charge in [0.25, 0.3) is 0 Å². The normalized spacial score (nSPS) is 36.9. The van der Waals surface area contributed by atoms with Gasteiger partial charge < -0.3 is 20.1 Å². The van der Waals surface area contributed by atoms with Crippen LogP contribution in [0.25, 0.3) is 0 Å². The lowest BCUT2D eigenvalue weighted by Crippen LogP contribution is -2.38. The lowest BCUT2D eigenvalue weighted by molar-refractivity contribution is -0.161. The molecule has 13 heteroatoms. The summed E-state index contributed by atoms with van der Waals surface area (Å²) in [5.41, 5.74) is 5.33. The molecule has 0 aromatic heterocycles. The predicted molar refractivity (Wildman–Crippen MR) is 155 cm³/mol. The first-order chi connectivity index (χ1) is 20.4. The summed E-state index contributed by atoms with van der Waals surface area (Å²) < 4.78 is 58.2. The van der Waals surface area contributed by atoms with Gasteiger partial charge in [-0.15, -0.1) is 0 Å². The SMILES string of the molecule is CCC(CC)C(=O)O[C@H]1[C@H](C)[C@]2(C[C@@H]2N(C)/C=C\C(N)=NC=O)OC12CC2OP1(=O)OCC[C@@H](c2cc(C)cc(F)c2)O1. The molecule has 236 valence electrons. The highest BCUT2D eigenvalue weighted by Gasteiger charge is 2.81. The van der Waals surface area contributed by atoms with E-state index in [9.17, 15) is 18.5 Å². The van der Waals surface area contributed by atoms with Crippen LogP contribution in [0.5, 0.6) is 0 Å². The van der Waals surface area contributed by atoms with Gasteiger partial charge in [0.05, 0.1) is 30.3 Å². The molecule has 2 spiro atoms. The summed E-state index contributed by atoms with van der Waals surface area (Å²) in [6.07, 6.45) is 4.30. The largest absolute Gasteiger partial charge is 0.475 e. The molecule has 0 bridgehead atoms. The Bertz CT molecular complexity index is 1330. The summed E-state index contributed by atoms with van der Waals surface area (Å²) in [5.74, 6) is -1.09. The molecule has 2 aliphatic heterocycles. The number of amides is 1. The number of halogens is 1. The Kier molecular flexibility index (Phi) is 8.90. The van der Waals surface area contributed by atoms with E-state index in [4.69, 9.17) is 28.8 Å². The van der Waals surface area contributed by atoms with Crippen molar-refractivity contribution in [2.45, 2.75) is 95.4 Å². The van der Waals surface area contributed by atoms with Crippen molar-refractivity contribution in [2.75, 3.05) is 13.7 Å². The zero-order valence-corrected chi connectivity index (χ0v) is 26.1. The molecule has 2 heterocycles. The summed E-state index contributed by atoms with van der Waals surface area (Å²) in [4.78, 5) is 29.3. The number of likely N-dealkylation sites (N-methyl/N-ethyl adjacent to an activating group) is 1. The number of rotatable bonds is 11. The van der Waals surface area contributed by atoms with Crippen molar-refractivity contribution in [3.05, 3.63) is 47.4 Å². The van der Waals surface area contributed by atoms with Crippen LogP contribution >= 0.6 is 7.82 Å². The number of ether oxygens (including phenoxy) is 2. The van der Waals surface area contributed by atoms with Gasteiger partial charge in [-0.3, -0.25) is 23.2 Å². The number of phosphoric ester groups is 1. The average molecular weight is 622 g/mol. The highest BCUT2D eigenvalue weighted by molar-refractivity contribution is 7.48. The number of hydrogen-bond donors (Lipinski definition) is 1. The van der Waals surface area contributed by atoms with Gasteiger partial charge in [0.1, 0.15) is 29.5 Å². The first kappa shape index (κ1) is 31.8. The number of amidine groups is 1. The monoisotopic (exact) mass is 621 g/mol. The van der Waals surface area contributed by atoms with Crippen LogP contribution in [0.15, 0.2) is 35.5 Å². The zero-order chi connectivity index (χ0) is 31.2. The second kappa shape index (κ2) is 12.0. The molecule has 1 amide bonds. The Hall–Kier alpha value is -2.63. The topological polar surface area (TPSA) is 139 Å². The minimum Gasteiger partial charge on any atom is -0.459 e. The maximum absolute atomic E-state index is 14.1. The Balaban J connectivity index is 1.35. The molecule has 5 rings (SSSR count). The van der Waals surface area contributed by atoms with Crippen molar-refractivity contribution in [1.82, 2.24) is 4.90 Å². The molecule has 8 atom stereocenters. The van der Waals surface area contributed by atoms with Crippen molar-refractivity contribution in [3.63, 3.8) is 0 Å². The van der Waals surface area contributed by atoms with Crippen LogP contribution in [0, 0.1) is 24.6 Å². The summed E-state index contributed by atoms with van der Waals surface area (Å²) in [6, 6.07) is 4.49. The number of esters is 1. The number of nitrogens with two attached hydrogens (primary N) is 1. The Morgan fingerprint density at radius 2 is 2.02 bits per heavy atom. The number of phosphoric acid groups is 1. The molecule has 1 aromatic rings. The van der Waals surface area contributed by atoms with Gasteiger partial charge in [0.2, 0.25) is 6.41 Å². The molecular formula is C30H41FN3O8P. The van der Waals surface area contributed by atoms with Crippen LogP contribution in [0.2, 0.25) is 0 Å². The number of aryl methyl sites for hydroxylation is 1. The average Bonchev–Trinajstić information content (AvgIpc) is 3.83. The van der Waals surface area contributed by atoms with E-state index >= 15 is 0 Å². The van der Waals surface area contributed by atoms with Crippen molar-refractivity contribution in [2.24, 2.45) is 22.6 Å². The highest BCUT2D eigenvalue weighted by atomic mass is 31.2. The van der Waals surface area contributed by atoms with Gasteiger partial charge in [-0.05, 0) is 49.1 Å². The van der Waals surface area contributed by atoms with Gasteiger partial charge in [-0.1, -0.05) is 26.8 Å². The number of aliphatic imine (C=N–C) groups is 1. The molecule has 2 saturated heterocycles. The fourth-order valence-corrected chi connectivity index (χ4v) is 8.23. The minimum atomic E-state index is -4.05. The summed E-state index contributed by atoms with van der Waals surface area (Å²) in [5, 5.41) is 0. The quantitative estimate of drug-likeness (QED) is 0.121. The molecule has 2 N–H and O–H groups in total. The number of hydrogen-bond acceptors (Lipinski definition) is 9. The number of benzene rings is 1. The van der Waals surface area contributed by atoms with Crippen molar-refractivity contribution in [3.8, 4) is 0 Å². The molecule has 0 radical (unpaired) electrons. The number of nitrogens with zero attached hydrogens (tertiary/aromatic N) is 2. The maximum atomic E-state index is 14.1. The molecule has 1 aromatic carbocycles. The van der Waals surface area contributed by atoms with Crippen LogP contribution in [0.4, 0.5) is 4.39 Å². The smallest absolute Gasteiger partial charge is 0.459 e. The third-order valence-electron chi connectivity index (χ3n) is 9.21. The van der Waals surface area contributed by atoms with Crippen LogP contribution in [0.1, 0.15) is 70.1 Å². The van der Waals surface area contributed by atoms with Crippen molar-refractivity contribution in [1.29, 1.82) is 0 Å². The number of carbonyl (C=O) groups excluding carboxylic acids is 2. The first-order valence-electron chi connectivity index (χ1n) is 14.9. The van der Waals surface area contributed by atoms with Crippen LogP contribution in [-0.2, 0) is 37.2 Å². The van der Waals surface area contributed by atoms with Crippen molar-refractivity contribution >= 4 is 26.0 Å². The molecular weight excluding hydrogens is 580 g/mol. The van der Waals surface area contributed by atoms with E-state index < -0.39 is 43.2 Å². The molecule has 2 aliphatic carbocycles. The van der Waals surface area contributed by atoms with E-state index in [1.807, 2.05) is 32.7 Å². The molecule has 43 heavy (non-hydrogen) atoms. The lowest BCUT2D eigenvalue weighted by Gasteiger charge is -2.30. The Morgan fingerprint density at radius 3 is 2.70 bits per heavy atom. The lowest BCUT2D eigenvalue weighted by atomic mass is 9.94. The Labute approximate surface area is 251 Å². The van der Waals surface area contributed by atoms with E-state index in [1.165, 1.54) is 18.2 Å². The third kappa shape index (κ3) is 6.17. The van der Waals surface area contributed by atoms with Gasteiger partial charge in [0.15, 0.2) is 0 Å². The molecule has 3 unspecified atom stereocenters. The van der Waals surface area contributed by atoms with E-state index in [1.54, 1.807) is 19.2 Å². The second-order valence-electron chi connectivity index (χ2n) is 12.1. The summed E-state index contributed by atoms with van der Waals surface area (Å²) >= 11 is 0. The van der Waals surface area contributed by atoms with Gasteiger partial charge >= 0.3 is 13.8 Å². The van der Waals surface area contributed by atoms with Gasteiger partial charge in [0, 0.05) is 38.4 Å². The van der Waals surface area contributed by atoms with E-state index in [2.05, 4.69) is 4.99 Å². The number of carbonyl (C=O) groups is 2. The summed E-state index contributed by atoms with van der Waals surface area (Å²) in [6.45, 7) is 7.78. The molecule has 2 saturated carbocycles. The highest BCUT2D eigenvalue weighted by Crippen LogP contribution is 2.70.